The van der Waals surface area contributed by atoms with E-state index in [2.05, 4.69) is 48.1 Å². The third-order valence-corrected chi connectivity index (χ3v) is 4.21. The Bertz CT molecular complexity index is 576. The second kappa shape index (κ2) is 7.22. The van der Waals surface area contributed by atoms with E-state index in [0.29, 0.717) is 17.5 Å². The SMILES string of the molecule is C=CCC1S/C(=N/N=C/c2ccc(C(C)C)cc2)NC1=O. The summed E-state index contributed by atoms with van der Waals surface area (Å²) < 4.78 is 0. The number of benzene rings is 1. The number of nitrogens with zero attached hydrogens (tertiary/aromatic N) is 2. The highest BCUT2D eigenvalue weighted by Gasteiger charge is 2.28. The van der Waals surface area contributed by atoms with Crippen molar-refractivity contribution < 1.29 is 4.79 Å². The zero-order valence-electron chi connectivity index (χ0n) is 12.2. The van der Waals surface area contributed by atoms with Crippen molar-refractivity contribution in [3.8, 4) is 0 Å². The Morgan fingerprint density at radius 1 is 1.38 bits per heavy atom. The fraction of sp³-hybridized carbons (Fsp3) is 0.312. The molecule has 0 spiro atoms. The van der Waals surface area contributed by atoms with E-state index in [1.165, 1.54) is 17.3 Å². The lowest BCUT2D eigenvalue weighted by Crippen LogP contribution is -2.24. The highest BCUT2D eigenvalue weighted by Crippen LogP contribution is 2.22. The largest absolute Gasteiger partial charge is 0.303 e. The third-order valence-electron chi connectivity index (χ3n) is 3.12. The monoisotopic (exact) mass is 301 g/mol. The van der Waals surface area contributed by atoms with Gasteiger partial charge in [-0.2, -0.15) is 5.10 Å². The molecule has 5 heteroatoms. The second-order valence-electron chi connectivity index (χ2n) is 5.09. The first kappa shape index (κ1) is 15.5. The van der Waals surface area contributed by atoms with E-state index in [-0.39, 0.29) is 11.2 Å². The second-order valence-corrected chi connectivity index (χ2v) is 6.28. The smallest absolute Gasteiger partial charge is 0.239 e. The molecule has 0 saturated carbocycles. The first-order valence-electron chi connectivity index (χ1n) is 6.89. The van der Waals surface area contributed by atoms with Crippen molar-refractivity contribution in [3.05, 3.63) is 48.0 Å². The van der Waals surface area contributed by atoms with Crippen LogP contribution >= 0.6 is 11.8 Å². The molecule has 0 aliphatic carbocycles. The first-order chi connectivity index (χ1) is 10.1. The standard InChI is InChI=1S/C16H19N3OS/c1-4-5-14-15(20)18-16(21-14)19-17-10-12-6-8-13(9-7-12)11(2)3/h4,6-11,14H,1,5H2,2-3H3,(H,18,19,20)/b17-10+. The summed E-state index contributed by atoms with van der Waals surface area (Å²) in [5.74, 6) is 0.485. The van der Waals surface area contributed by atoms with E-state index in [4.69, 9.17) is 0 Å². The molecule has 1 N–H and O–H groups in total. The van der Waals surface area contributed by atoms with Crippen molar-refractivity contribution in [2.24, 2.45) is 10.2 Å². The molecule has 1 atom stereocenters. The van der Waals surface area contributed by atoms with Gasteiger partial charge in [-0.15, -0.1) is 11.7 Å². The minimum absolute atomic E-state index is 0.0323. The van der Waals surface area contributed by atoms with Crippen LogP contribution in [0.2, 0.25) is 0 Å². The Balaban J connectivity index is 1.97. The number of amidine groups is 1. The topological polar surface area (TPSA) is 53.8 Å². The summed E-state index contributed by atoms with van der Waals surface area (Å²) in [5.41, 5.74) is 2.28. The number of rotatable bonds is 5. The molecule has 1 saturated heterocycles. The van der Waals surface area contributed by atoms with Gasteiger partial charge >= 0.3 is 0 Å². The fourth-order valence-electron chi connectivity index (χ4n) is 1.87. The summed E-state index contributed by atoms with van der Waals surface area (Å²) in [5, 5.41) is 11.2. The third kappa shape index (κ3) is 4.29. The van der Waals surface area contributed by atoms with Gasteiger partial charge in [0.15, 0.2) is 5.17 Å². The molecule has 1 aliphatic heterocycles. The fourth-order valence-corrected chi connectivity index (χ4v) is 2.80. The maximum atomic E-state index is 11.6. The Labute approximate surface area is 129 Å². The lowest BCUT2D eigenvalue weighted by molar-refractivity contribution is -0.118. The Kier molecular flexibility index (Phi) is 5.33. The number of thioether (sulfide) groups is 1. The maximum absolute atomic E-state index is 11.6. The van der Waals surface area contributed by atoms with Gasteiger partial charge in [-0.05, 0) is 23.5 Å². The van der Waals surface area contributed by atoms with Crippen LogP contribution in [0.3, 0.4) is 0 Å². The molecule has 1 fully saturated rings. The van der Waals surface area contributed by atoms with Gasteiger partial charge in [0.25, 0.3) is 0 Å². The minimum Gasteiger partial charge on any atom is -0.303 e. The number of nitrogens with one attached hydrogen (secondary N) is 1. The van der Waals surface area contributed by atoms with Crippen molar-refractivity contribution in [2.45, 2.75) is 31.4 Å². The number of hydrogen-bond acceptors (Lipinski definition) is 4. The predicted molar refractivity (Wildman–Crippen MR) is 89.9 cm³/mol. The van der Waals surface area contributed by atoms with E-state index >= 15 is 0 Å². The van der Waals surface area contributed by atoms with Crippen LogP contribution < -0.4 is 5.32 Å². The Hall–Kier alpha value is -1.88. The molecule has 1 aromatic rings. The van der Waals surface area contributed by atoms with E-state index in [9.17, 15) is 4.79 Å². The summed E-state index contributed by atoms with van der Waals surface area (Å²) in [6.45, 7) is 7.96. The van der Waals surface area contributed by atoms with Gasteiger partial charge in [0.1, 0.15) is 0 Å². The molecule has 1 amide bonds. The average Bonchev–Trinajstić information content (AvgIpc) is 2.80. The molecule has 2 rings (SSSR count). The van der Waals surface area contributed by atoms with Crippen LogP contribution in [-0.4, -0.2) is 22.5 Å². The van der Waals surface area contributed by atoms with E-state index in [0.717, 1.165) is 5.56 Å². The van der Waals surface area contributed by atoms with E-state index < -0.39 is 0 Å². The summed E-state index contributed by atoms with van der Waals surface area (Å²) >= 11 is 1.39. The van der Waals surface area contributed by atoms with Gasteiger partial charge in [0.05, 0.1) is 11.5 Å². The molecule has 1 heterocycles. The van der Waals surface area contributed by atoms with Crippen molar-refractivity contribution in [3.63, 3.8) is 0 Å². The van der Waals surface area contributed by atoms with Crippen LogP contribution in [0.1, 0.15) is 37.3 Å². The quantitative estimate of drug-likeness (QED) is 0.515. The summed E-state index contributed by atoms with van der Waals surface area (Å²) in [6.07, 6.45) is 4.06. The molecule has 4 nitrogen and oxygen atoms in total. The van der Waals surface area contributed by atoms with Crippen LogP contribution in [0, 0.1) is 0 Å². The molecule has 1 aromatic carbocycles. The number of amides is 1. The average molecular weight is 301 g/mol. The van der Waals surface area contributed by atoms with Gasteiger partial charge in [-0.1, -0.05) is 56.0 Å². The van der Waals surface area contributed by atoms with Crippen LogP contribution in [-0.2, 0) is 4.79 Å². The van der Waals surface area contributed by atoms with Gasteiger partial charge < -0.3 is 5.32 Å². The molecule has 110 valence electrons. The molecule has 1 unspecified atom stereocenters. The molecule has 0 radical (unpaired) electrons. The summed E-state index contributed by atoms with van der Waals surface area (Å²) in [6, 6.07) is 8.20. The highest BCUT2D eigenvalue weighted by molar-refractivity contribution is 8.15. The van der Waals surface area contributed by atoms with Crippen molar-refractivity contribution in [2.75, 3.05) is 0 Å². The van der Waals surface area contributed by atoms with Crippen molar-refractivity contribution in [1.82, 2.24) is 5.32 Å². The molecule has 1 aliphatic rings. The lowest BCUT2D eigenvalue weighted by Gasteiger charge is -2.03. The molecular weight excluding hydrogens is 282 g/mol. The van der Waals surface area contributed by atoms with Gasteiger partial charge in [-0.25, -0.2) is 0 Å². The Morgan fingerprint density at radius 3 is 2.71 bits per heavy atom. The number of hydrogen-bond donors (Lipinski definition) is 1. The van der Waals surface area contributed by atoms with Crippen molar-refractivity contribution in [1.29, 1.82) is 0 Å². The van der Waals surface area contributed by atoms with Gasteiger partial charge in [0.2, 0.25) is 5.91 Å². The summed E-state index contributed by atoms with van der Waals surface area (Å²) in [4.78, 5) is 11.6. The van der Waals surface area contributed by atoms with Crippen molar-refractivity contribution >= 4 is 29.1 Å². The van der Waals surface area contributed by atoms with Crippen LogP contribution in [0.15, 0.2) is 47.1 Å². The molecule has 21 heavy (non-hydrogen) atoms. The lowest BCUT2D eigenvalue weighted by atomic mass is 10.0. The molecule has 0 aromatic heterocycles. The van der Waals surface area contributed by atoms with E-state index in [1.807, 2.05) is 12.1 Å². The Morgan fingerprint density at radius 2 is 2.10 bits per heavy atom. The first-order valence-corrected chi connectivity index (χ1v) is 7.77. The van der Waals surface area contributed by atoms with Crippen LogP contribution in [0.4, 0.5) is 0 Å². The van der Waals surface area contributed by atoms with Crippen LogP contribution in [0.5, 0.6) is 0 Å². The van der Waals surface area contributed by atoms with Crippen LogP contribution in [0.25, 0.3) is 0 Å². The normalized spacial score (nSPS) is 20.4. The van der Waals surface area contributed by atoms with Gasteiger partial charge in [0, 0.05) is 0 Å². The number of carbonyl (C=O) groups is 1. The van der Waals surface area contributed by atoms with E-state index in [1.54, 1.807) is 12.3 Å². The highest BCUT2D eigenvalue weighted by atomic mass is 32.2. The predicted octanol–water partition coefficient (Wildman–Crippen LogP) is 3.31. The zero-order chi connectivity index (χ0) is 15.2. The zero-order valence-corrected chi connectivity index (χ0v) is 13.1. The minimum atomic E-state index is -0.137. The number of allylic oxidation sites excluding steroid dienone is 1. The number of carbonyl (C=O) groups excluding carboxylic acids is 1. The maximum Gasteiger partial charge on any atom is 0.239 e. The molecular formula is C16H19N3OS. The van der Waals surface area contributed by atoms with Gasteiger partial charge in [-0.3, -0.25) is 4.79 Å². The molecule has 0 bridgehead atoms. The summed E-state index contributed by atoms with van der Waals surface area (Å²) in [7, 11) is 0.